The van der Waals surface area contributed by atoms with Crippen molar-refractivity contribution in [1.82, 2.24) is 20.2 Å². The Bertz CT molecular complexity index is 1800. The van der Waals surface area contributed by atoms with E-state index in [1.54, 1.807) is 36.2 Å². The summed E-state index contributed by atoms with van der Waals surface area (Å²) in [6.07, 6.45) is 4.17. The predicted octanol–water partition coefficient (Wildman–Crippen LogP) is 5.32. The van der Waals surface area contributed by atoms with Crippen molar-refractivity contribution in [3.63, 3.8) is 0 Å². The fourth-order valence-electron chi connectivity index (χ4n) is 5.46. The highest BCUT2D eigenvalue weighted by atomic mass is 32.1. The second-order valence-corrected chi connectivity index (χ2v) is 11.2. The molecule has 1 fully saturated rings. The van der Waals surface area contributed by atoms with E-state index in [9.17, 15) is 19.6 Å². The second-order valence-electron chi connectivity index (χ2n) is 10.2. The molecule has 5 heterocycles. The van der Waals surface area contributed by atoms with Crippen LogP contribution in [-0.2, 0) is 4.79 Å². The summed E-state index contributed by atoms with van der Waals surface area (Å²) in [5, 5.41) is 16.1. The molecule has 3 amide bonds. The Labute approximate surface area is 251 Å². The maximum atomic E-state index is 13.6. The van der Waals surface area contributed by atoms with E-state index >= 15 is 0 Å². The number of carbonyl (C=O) groups excluding carboxylic acids is 3. The van der Waals surface area contributed by atoms with Crippen molar-refractivity contribution in [2.75, 3.05) is 23.3 Å². The summed E-state index contributed by atoms with van der Waals surface area (Å²) >= 11 is 1.19. The molecule has 1 aromatic carbocycles. The number of nitrogens with zero attached hydrogens (tertiary/aromatic N) is 5. The van der Waals surface area contributed by atoms with Crippen LogP contribution in [0, 0.1) is 18.3 Å². The van der Waals surface area contributed by atoms with Crippen LogP contribution in [0.2, 0.25) is 0 Å². The lowest BCUT2D eigenvalue weighted by Crippen LogP contribution is -2.52. The Morgan fingerprint density at radius 1 is 1.23 bits per heavy atom. The standard InChI is InChI=1S/C31H27N7O4S/c1-3-24(39)23(16-32)37-15-7-8-19(17-37)35-29(40)28-27-26-22(13-14-33-30(26)43-28)38(31(41)36-27)21-11-12-25(34-18(21)2)42-20-9-5-4-6-10-20/h3-6,9-14,19,23H,1,7-8,15,17H2,2H3,(H,35,40)(H,36,41)/t19-,23?/m1/s1. The Hall–Kier alpha value is -5.12. The van der Waals surface area contributed by atoms with Gasteiger partial charge in [0, 0.05) is 24.8 Å². The first-order valence-electron chi connectivity index (χ1n) is 13.7. The number of carbonyl (C=O) groups is 3. The number of thiophene rings is 1. The lowest BCUT2D eigenvalue weighted by atomic mass is 10.0. The third-order valence-electron chi connectivity index (χ3n) is 7.44. The summed E-state index contributed by atoms with van der Waals surface area (Å²) in [6, 6.07) is 14.9. The van der Waals surface area contributed by atoms with Gasteiger partial charge in [-0.2, -0.15) is 5.26 Å². The molecule has 2 atom stereocenters. The van der Waals surface area contributed by atoms with Crippen molar-refractivity contribution in [2.45, 2.75) is 31.8 Å². The van der Waals surface area contributed by atoms with Crippen LogP contribution in [0.3, 0.4) is 0 Å². The zero-order valence-corrected chi connectivity index (χ0v) is 24.1. The van der Waals surface area contributed by atoms with E-state index in [0.29, 0.717) is 75.4 Å². The summed E-state index contributed by atoms with van der Waals surface area (Å²) in [5.41, 5.74) is 2.14. The van der Waals surface area contributed by atoms with E-state index in [1.165, 1.54) is 16.2 Å². The third-order valence-corrected chi connectivity index (χ3v) is 8.53. The van der Waals surface area contributed by atoms with E-state index in [1.807, 2.05) is 36.4 Å². The molecule has 4 aromatic rings. The summed E-state index contributed by atoms with van der Waals surface area (Å²) in [5.74, 6) is 0.334. The quantitative estimate of drug-likeness (QED) is 0.262. The van der Waals surface area contributed by atoms with Gasteiger partial charge >= 0.3 is 6.03 Å². The number of ketones is 1. The number of anilines is 3. The molecule has 0 radical (unpaired) electrons. The number of ether oxygens (including phenoxy) is 1. The van der Waals surface area contributed by atoms with Crippen molar-refractivity contribution < 1.29 is 19.1 Å². The first kappa shape index (κ1) is 28.0. The summed E-state index contributed by atoms with van der Waals surface area (Å²) < 4.78 is 5.85. The molecule has 3 aromatic heterocycles. The van der Waals surface area contributed by atoms with Gasteiger partial charge in [0.1, 0.15) is 15.5 Å². The molecule has 0 saturated carbocycles. The Kier molecular flexibility index (Phi) is 7.58. The van der Waals surface area contributed by atoms with Crippen LogP contribution < -0.4 is 20.3 Å². The van der Waals surface area contributed by atoms with Crippen molar-refractivity contribution in [3.05, 3.63) is 78.0 Å². The van der Waals surface area contributed by atoms with Crippen LogP contribution in [-0.4, -0.2) is 57.8 Å². The van der Waals surface area contributed by atoms with Gasteiger partial charge in [-0.05, 0) is 56.7 Å². The first-order valence-corrected chi connectivity index (χ1v) is 14.5. The van der Waals surface area contributed by atoms with E-state index in [-0.39, 0.29) is 17.7 Å². The van der Waals surface area contributed by atoms with Crippen LogP contribution in [0.1, 0.15) is 28.2 Å². The van der Waals surface area contributed by atoms with Gasteiger partial charge in [-0.15, -0.1) is 11.3 Å². The molecule has 0 spiro atoms. The van der Waals surface area contributed by atoms with Crippen LogP contribution in [0.5, 0.6) is 11.6 Å². The van der Waals surface area contributed by atoms with E-state index in [2.05, 4.69) is 27.2 Å². The monoisotopic (exact) mass is 593 g/mol. The van der Waals surface area contributed by atoms with Crippen molar-refractivity contribution in [1.29, 1.82) is 5.26 Å². The number of hydrogen-bond donors (Lipinski definition) is 2. The maximum absolute atomic E-state index is 13.6. The highest BCUT2D eigenvalue weighted by Crippen LogP contribution is 2.46. The largest absolute Gasteiger partial charge is 0.439 e. The fraction of sp³-hybridized carbons (Fsp3) is 0.226. The molecule has 0 bridgehead atoms. The average molecular weight is 594 g/mol. The van der Waals surface area contributed by atoms with E-state index in [4.69, 9.17) is 4.74 Å². The highest BCUT2D eigenvalue weighted by Gasteiger charge is 2.35. The summed E-state index contributed by atoms with van der Waals surface area (Å²) in [7, 11) is 0. The van der Waals surface area contributed by atoms with Crippen molar-refractivity contribution in [3.8, 4) is 17.7 Å². The number of pyridine rings is 2. The van der Waals surface area contributed by atoms with E-state index in [0.717, 1.165) is 6.08 Å². The number of para-hydroxylation sites is 1. The Morgan fingerprint density at radius 3 is 2.79 bits per heavy atom. The predicted molar refractivity (Wildman–Crippen MR) is 163 cm³/mol. The number of piperidine rings is 1. The maximum Gasteiger partial charge on any atom is 0.331 e. The van der Waals surface area contributed by atoms with Gasteiger partial charge in [0.2, 0.25) is 5.88 Å². The van der Waals surface area contributed by atoms with Gasteiger partial charge in [-0.25, -0.2) is 14.8 Å². The lowest BCUT2D eigenvalue weighted by Gasteiger charge is -2.34. The van der Waals surface area contributed by atoms with Gasteiger partial charge in [0.15, 0.2) is 11.8 Å². The molecule has 0 aliphatic carbocycles. The molecule has 2 aliphatic rings. The molecule has 2 aliphatic heterocycles. The van der Waals surface area contributed by atoms with Gasteiger partial charge in [0.25, 0.3) is 5.91 Å². The molecule has 1 saturated heterocycles. The Morgan fingerprint density at radius 2 is 2.05 bits per heavy atom. The van der Waals surface area contributed by atoms with Gasteiger partial charge in [-0.3, -0.25) is 19.4 Å². The number of hydrogen-bond acceptors (Lipinski definition) is 9. The Balaban J connectivity index is 1.26. The van der Waals surface area contributed by atoms with Crippen molar-refractivity contribution >= 4 is 56.3 Å². The third kappa shape index (κ3) is 5.31. The summed E-state index contributed by atoms with van der Waals surface area (Å²) in [4.78, 5) is 52.5. The molecule has 12 heteroatoms. The van der Waals surface area contributed by atoms with Crippen LogP contribution in [0.25, 0.3) is 10.2 Å². The molecule has 11 nitrogen and oxygen atoms in total. The number of nitrogens with one attached hydrogen (secondary N) is 2. The second kappa shape index (κ2) is 11.6. The number of urea groups is 1. The van der Waals surface area contributed by atoms with Crippen LogP contribution in [0.4, 0.5) is 21.9 Å². The average Bonchev–Trinajstić information content (AvgIpc) is 3.38. The molecule has 6 rings (SSSR count). The van der Waals surface area contributed by atoms with Crippen LogP contribution >= 0.6 is 11.3 Å². The number of aromatic nitrogens is 2. The number of likely N-dealkylation sites (tertiary alicyclic amines) is 1. The molecular formula is C31H27N7O4S. The molecular weight excluding hydrogens is 566 g/mol. The van der Waals surface area contributed by atoms with Crippen LogP contribution in [0.15, 0.2) is 67.4 Å². The highest BCUT2D eigenvalue weighted by molar-refractivity contribution is 7.21. The lowest BCUT2D eigenvalue weighted by molar-refractivity contribution is -0.118. The normalized spacial score (nSPS) is 17.1. The minimum Gasteiger partial charge on any atom is -0.439 e. The van der Waals surface area contributed by atoms with Crippen molar-refractivity contribution in [2.24, 2.45) is 0 Å². The van der Waals surface area contributed by atoms with Gasteiger partial charge in [-0.1, -0.05) is 24.8 Å². The fourth-order valence-corrected chi connectivity index (χ4v) is 6.49. The minimum atomic E-state index is -0.934. The minimum absolute atomic E-state index is 0.277. The molecule has 216 valence electrons. The van der Waals surface area contributed by atoms with E-state index < -0.39 is 12.1 Å². The zero-order valence-electron chi connectivity index (χ0n) is 23.2. The summed E-state index contributed by atoms with van der Waals surface area (Å²) in [6.45, 7) is 6.21. The molecule has 2 N–H and O–H groups in total. The number of nitriles is 1. The molecule has 43 heavy (non-hydrogen) atoms. The number of rotatable bonds is 8. The smallest absolute Gasteiger partial charge is 0.331 e. The number of amides is 3. The number of aryl methyl sites for hydroxylation is 1. The topological polar surface area (TPSA) is 141 Å². The first-order chi connectivity index (χ1) is 20.9. The zero-order chi connectivity index (χ0) is 30.1. The number of benzene rings is 1. The SMILES string of the molecule is C=CC(=O)C(C#N)N1CCC[C@@H](NC(=O)c2sc3nccc4c3c2NC(=O)N4c2ccc(Oc3ccccc3)nc2C)C1. The van der Waals surface area contributed by atoms with Gasteiger partial charge in [0.05, 0.1) is 34.2 Å². The van der Waals surface area contributed by atoms with Gasteiger partial charge < -0.3 is 15.4 Å². The molecule has 1 unspecified atom stereocenters.